The number of rotatable bonds is 8. The van der Waals surface area contributed by atoms with Gasteiger partial charge in [0.1, 0.15) is 24.4 Å². The minimum atomic E-state index is -4.00. The number of nitrogens with zero attached hydrogens (tertiary/aromatic N) is 4. The van der Waals surface area contributed by atoms with Gasteiger partial charge in [0.2, 0.25) is 11.8 Å². The summed E-state index contributed by atoms with van der Waals surface area (Å²) in [5, 5.41) is 2.49. The number of nitrogen functional groups attached to an aromatic ring is 1. The Labute approximate surface area is 195 Å². The molecule has 2 aliphatic rings. The lowest BCUT2D eigenvalue weighted by atomic mass is 9.95. The number of esters is 1. The van der Waals surface area contributed by atoms with E-state index in [0.29, 0.717) is 17.8 Å². The minimum absolute atomic E-state index is 0.0127. The highest BCUT2D eigenvalue weighted by Crippen LogP contribution is 2.55. The third kappa shape index (κ3) is 4.60. The van der Waals surface area contributed by atoms with Crippen LogP contribution in [0.4, 0.5) is 10.3 Å². The summed E-state index contributed by atoms with van der Waals surface area (Å²) in [4.78, 5) is 24.4. The van der Waals surface area contributed by atoms with Gasteiger partial charge in [0, 0.05) is 0 Å². The molecule has 1 unspecified atom stereocenters. The van der Waals surface area contributed by atoms with Crippen molar-refractivity contribution in [3.05, 3.63) is 6.33 Å². The molecule has 188 valence electrons. The number of carbonyl (C=O) groups is 1. The first-order valence-corrected chi connectivity index (χ1v) is 12.4. The molecule has 2 aliphatic heterocycles. The van der Waals surface area contributed by atoms with Crippen LogP contribution in [0.15, 0.2) is 6.33 Å². The van der Waals surface area contributed by atoms with Gasteiger partial charge in [-0.15, -0.1) is 0 Å². The van der Waals surface area contributed by atoms with Gasteiger partial charge in [0.05, 0.1) is 32.7 Å². The van der Waals surface area contributed by atoms with Crippen LogP contribution < -0.4 is 15.6 Å². The van der Waals surface area contributed by atoms with E-state index in [0.717, 1.165) is 0 Å². The number of nitrogens with two attached hydrogens (primary N) is 1. The molecule has 0 amide bonds. The first kappa shape index (κ1) is 24.7. The van der Waals surface area contributed by atoms with E-state index in [1.807, 2.05) is 0 Å². The lowest BCUT2D eigenvalue weighted by molar-refractivity contribution is -0.145. The van der Waals surface area contributed by atoms with Crippen molar-refractivity contribution in [1.29, 1.82) is 0 Å². The number of fused-ring (bicyclic) bond motifs is 2. The van der Waals surface area contributed by atoms with E-state index in [2.05, 4.69) is 20.0 Å². The van der Waals surface area contributed by atoms with Gasteiger partial charge in [0.15, 0.2) is 16.8 Å². The van der Waals surface area contributed by atoms with Gasteiger partial charge in [-0.2, -0.15) is 9.97 Å². The van der Waals surface area contributed by atoms with E-state index in [1.165, 1.54) is 20.2 Å². The molecule has 2 aromatic rings. The Kier molecular flexibility index (Phi) is 6.80. The van der Waals surface area contributed by atoms with Gasteiger partial charge >= 0.3 is 13.7 Å². The SMILES string of the molecule is CCOC(=O)[C@H](C)N[P@@]1(=O)OC[C@H]2OC(Cn3cnc4c(OCC)nc(N)nc43)[C@](C)(F)[C@@H]2O1. The standard InChI is InChI=1S/C19H28FN6O7P/c1-5-29-16-13-15(23-18(21)24-16)26(9-22-13)7-12-19(4,20)14-11(32-12)8-31-34(28,33-14)25-10(3)17(27)30-6-2/h9-12,14H,5-8H2,1-4H3,(H,25,28)(H2,21,23,24)/t10-,11+,12?,14+,19-,34+/m0/s1. The Morgan fingerprint density at radius 1 is 1.44 bits per heavy atom. The largest absolute Gasteiger partial charge is 0.476 e. The molecule has 6 atom stereocenters. The Balaban J connectivity index is 1.52. The van der Waals surface area contributed by atoms with Crippen LogP contribution in [-0.2, 0) is 34.4 Å². The maximum absolute atomic E-state index is 16.0. The molecule has 0 aromatic carbocycles. The quantitative estimate of drug-likeness (QED) is 0.394. The molecular weight excluding hydrogens is 474 g/mol. The van der Waals surface area contributed by atoms with Gasteiger partial charge in [-0.05, 0) is 27.7 Å². The monoisotopic (exact) mass is 502 g/mol. The van der Waals surface area contributed by atoms with Gasteiger partial charge in [-0.3, -0.25) is 13.8 Å². The Morgan fingerprint density at radius 3 is 2.91 bits per heavy atom. The van der Waals surface area contributed by atoms with Crippen molar-refractivity contribution < 1.29 is 37.0 Å². The molecule has 0 spiro atoms. The zero-order valence-electron chi connectivity index (χ0n) is 19.3. The summed E-state index contributed by atoms with van der Waals surface area (Å²) in [7, 11) is -4.00. The molecule has 3 N–H and O–H groups in total. The smallest absolute Gasteiger partial charge is 0.406 e. The lowest BCUT2D eigenvalue weighted by Crippen LogP contribution is -2.48. The number of alkyl halides is 1. The topological polar surface area (TPSA) is 162 Å². The van der Waals surface area contributed by atoms with E-state index < -0.39 is 43.7 Å². The Hall–Kier alpha value is -2.38. The highest BCUT2D eigenvalue weighted by atomic mass is 31.2. The van der Waals surface area contributed by atoms with Crippen molar-refractivity contribution in [3.8, 4) is 5.88 Å². The number of carbonyl (C=O) groups excluding carboxylic acids is 1. The fourth-order valence-corrected chi connectivity index (χ4v) is 5.70. The summed E-state index contributed by atoms with van der Waals surface area (Å²) in [6.45, 7) is 6.55. The zero-order chi connectivity index (χ0) is 24.7. The highest BCUT2D eigenvalue weighted by molar-refractivity contribution is 7.51. The van der Waals surface area contributed by atoms with Crippen LogP contribution in [0.3, 0.4) is 0 Å². The first-order chi connectivity index (χ1) is 16.1. The number of ether oxygens (including phenoxy) is 3. The zero-order valence-corrected chi connectivity index (χ0v) is 20.2. The van der Waals surface area contributed by atoms with Crippen LogP contribution in [0.1, 0.15) is 27.7 Å². The second-order valence-corrected chi connectivity index (χ2v) is 9.85. The molecule has 0 bridgehead atoms. The third-order valence-electron chi connectivity index (χ3n) is 5.61. The maximum atomic E-state index is 16.0. The number of nitrogens with one attached hydrogen (secondary N) is 1. The van der Waals surface area contributed by atoms with E-state index in [1.54, 1.807) is 18.4 Å². The number of hydrogen-bond acceptors (Lipinski definition) is 11. The molecule has 0 radical (unpaired) electrons. The van der Waals surface area contributed by atoms with E-state index in [9.17, 15) is 9.36 Å². The van der Waals surface area contributed by atoms with Crippen molar-refractivity contribution in [3.63, 3.8) is 0 Å². The van der Waals surface area contributed by atoms with Gasteiger partial charge in [0.25, 0.3) is 0 Å². The average molecular weight is 502 g/mol. The number of halogens is 1. The summed E-state index contributed by atoms with van der Waals surface area (Å²) < 4.78 is 57.7. The number of imidazole rings is 1. The molecule has 0 aliphatic carbocycles. The van der Waals surface area contributed by atoms with Crippen LogP contribution in [-0.4, -0.2) is 75.3 Å². The van der Waals surface area contributed by atoms with Crippen molar-refractivity contribution >= 4 is 30.8 Å². The van der Waals surface area contributed by atoms with Crippen molar-refractivity contribution in [2.24, 2.45) is 0 Å². The lowest BCUT2D eigenvalue weighted by Gasteiger charge is -2.35. The van der Waals surface area contributed by atoms with Crippen molar-refractivity contribution in [2.45, 2.75) is 64.3 Å². The van der Waals surface area contributed by atoms with Crippen LogP contribution in [0.5, 0.6) is 5.88 Å². The molecule has 4 rings (SSSR count). The summed E-state index contributed by atoms with van der Waals surface area (Å²) in [6.07, 6.45) is -1.56. The van der Waals surface area contributed by atoms with E-state index in [4.69, 9.17) is 29.0 Å². The van der Waals surface area contributed by atoms with Gasteiger partial charge in [-0.1, -0.05) is 0 Å². The molecular formula is C19H28FN6O7P. The van der Waals surface area contributed by atoms with Crippen LogP contribution in [0.2, 0.25) is 0 Å². The first-order valence-electron chi connectivity index (χ1n) is 10.9. The van der Waals surface area contributed by atoms with E-state index in [-0.39, 0.29) is 31.6 Å². The predicted molar refractivity (Wildman–Crippen MR) is 117 cm³/mol. The maximum Gasteiger partial charge on any atom is 0.406 e. The second-order valence-electron chi connectivity index (χ2n) is 8.13. The van der Waals surface area contributed by atoms with Gasteiger partial charge in [-0.25, -0.2) is 19.0 Å². The van der Waals surface area contributed by atoms with Crippen LogP contribution in [0.25, 0.3) is 11.2 Å². The third-order valence-corrected chi connectivity index (χ3v) is 7.31. The summed E-state index contributed by atoms with van der Waals surface area (Å²) in [5.74, 6) is -0.413. The predicted octanol–water partition coefficient (Wildman–Crippen LogP) is 1.37. The highest BCUT2D eigenvalue weighted by Gasteiger charge is 2.60. The molecule has 2 saturated heterocycles. The van der Waals surface area contributed by atoms with Crippen molar-refractivity contribution in [1.82, 2.24) is 24.6 Å². The average Bonchev–Trinajstić information content (AvgIpc) is 3.27. The molecule has 2 fully saturated rings. The summed E-state index contributed by atoms with van der Waals surface area (Å²) in [5.41, 5.74) is 4.48. The molecule has 0 saturated carbocycles. The molecule has 13 nitrogen and oxygen atoms in total. The Morgan fingerprint density at radius 2 is 2.21 bits per heavy atom. The minimum Gasteiger partial charge on any atom is -0.476 e. The normalized spacial score (nSPS) is 31.9. The van der Waals surface area contributed by atoms with Crippen LogP contribution in [0, 0.1) is 0 Å². The van der Waals surface area contributed by atoms with E-state index >= 15 is 4.39 Å². The summed E-state index contributed by atoms with van der Waals surface area (Å²) >= 11 is 0. The number of aromatic nitrogens is 4. The molecule has 4 heterocycles. The fraction of sp³-hybridized carbons (Fsp3) is 0.684. The molecule has 34 heavy (non-hydrogen) atoms. The molecule has 15 heteroatoms. The van der Waals surface area contributed by atoms with Crippen molar-refractivity contribution in [2.75, 3.05) is 25.6 Å². The van der Waals surface area contributed by atoms with Gasteiger partial charge < -0.3 is 24.5 Å². The second kappa shape index (κ2) is 9.34. The number of hydrogen-bond donors (Lipinski definition) is 2. The molecule has 2 aromatic heterocycles. The number of anilines is 1. The Bertz CT molecular complexity index is 1110. The van der Waals surface area contributed by atoms with Crippen LogP contribution >= 0.6 is 7.75 Å². The summed E-state index contributed by atoms with van der Waals surface area (Å²) in [6, 6.07) is -0.978. The fourth-order valence-electron chi connectivity index (χ4n) is 3.94.